The molecule has 0 spiro atoms. The van der Waals surface area contributed by atoms with E-state index in [0.29, 0.717) is 5.56 Å². The number of nitrogen functional groups attached to an aromatic ring is 1. The van der Waals surface area contributed by atoms with Crippen molar-refractivity contribution >= 4 is 27.1 Å². The molecule has 0 bridgehead atoms. The molecule has 0 aliphatic carbocycles. The van der Waals surface area contributed by atoms with Crippen LogP contribution in [-0.4, -0.2) is 15.5 Å². The first-order valence-electron chi connectivity index (χ1n) is 5.93. The monoisotopic (exact) mass is 329 g/mol. The van der Waals surface area contributed by atoms with Gasteiger partial charge in [0.2, 0.25) is 0 Å². The van der Waals surface area contributed by atoms with Gasteiger partial charge in [-0.1, -0.05) is 17.7 Å². The van der Waals surface area contributed by atoms with Crippen molar-refractivity contribution in [1.29, 1.82) is 0 Å². The Balaban J connectivity index is 2.37. The second-order valence-corrected chi connectivity index (χ2v) is 6.80. The van der Waals surface area contributed by atoms with E-state index >= 15 is 0 Å². The summed E-state index contributed by atoms with van der Waals surface area (Å²) in [5.74, 6) is -0.943. The molecule has 112 valence electrons. The molecule has 0 radical (unpaired) electrons. The highest BCUT2D eigenvalue weighted by atomic mass is 35.5. The van der Waals surface area contributed by atoms with Crippen molar-refractivity contribution < 1.29 is 17.5 Å². The normalized spacial score (nSPS) is 11.4. The summed E-state index contributed by atoms with van der Waals surface area (Å²) in [6, 6.07) is 8.19. The molecule has 21 heavy (non-hydrogen) atoms. The van der Waals surface area contributed by atoms with E-state index in [-0.39, 0.29) is 27.1 Å². The number of anilines is 1. The number of benzene rings is 2. The molecular formula is C14H13ClFNO3S. The number of sulfone groups is 1. The molecule has 2 rings (SSSR count). The van der Waals surface area contributed by atoms with Crippen molar-refractivity contribution in [1.82, 2.24) is 0 Å². The molecule has 0 aliphatic rings. The highest BCUT2D eigenvalue weighted by Crippen LogP contribution is 2.27. The zero-order valence-electron chi connectivity index (χ0n) is 11.1. The molecule has 7 heteroatoms. The lowest BCUT2D eigenvalue weighted by Crippen LogP contribution is -2.08. The summed E-state index contributed by atoms with van der Waals surface area (Å²) in [7, 11) is -2.38. The summed E-state index contributed by atoms with van der Waals surface area (Å²) < 4.78 is 43.1. The Morgan fingerprint density at radius 3 is 2.57 bits per heavy atom. The smallest absolute Gasteiger partial charge is 0.184 e. The first kappa shape index (κ1) is 15.6. The number of ether oxygens (including phenoxy) is 1. The topological polar surface area (TPSA) is 69.4 Å². The van der Waals surface area contributed by atoms with Crippen LogP contribution in [0.25, 0.3) is 0 Å². The Labute approximate surface area is 127 Å². The van der Waals surface area contributed by atoms with E-state index in [1.165, 1.54) is 37.4 Å². The molecule has 2 N–H and O–H groups in total. The van der Waals surface area contributed by atoms with Crippen LogP contribution in [0.3, 0.4) is 0 Å². The van der Waals surface area contributed by atoms with Crippen molar-refractivity contribution in [2.75, 3.05) is 12.8 Å². The lowest BCUT2D eigenvalue weighted by atomic mass is 10.2. The third-order valence-corrected chi connectivity index (χ3v) is 4.86. The number of hydrogen-bond acceptors (Lipinski definition) is 4. The largest absolute Gasteiger partial charge is 0.494 e. The minimum absolute atomic E-state index is 0.0541. The molecule has 0 aromatic heterocycles. The fourth-order valence-electron chi connectivity index (χ4n) is 1.87. The highest BCUT2D eigenvalue weighted by Gasteiger charge is 2.19. The Kier molecular flexibility index (Phi) is 4.39. The van der Waals surface area contributed by atoms with Crippen molar-refractivity contribution in [2.24, 2.45) is 0 Å². The lowest BCUT2D eigenvalue weighted by Gasteiger charge is -2.09. The number of methoxy groups -OCH3 is 1. The van der Waals surface area contributed by atoms with Crippen LogP contribution in [0, 0.1) is 5.82 Å². The van der Waals surface area contributed by atoms with E-state index in [2.05, 4.69) is 0 Å². The Morgan fingerprint density at radius 1 is 1.24 bits per heavy atom. The predicted molar refractivity (Wildman–Crippen MR) is 79.7 cm³/mol. The summed E-state index contributed by atoms with van der Waals surface area (Å²) in [6.07, 6.45) is 0. The van der Waals surface area contributed by atoms with E-state index in [1.807, 2.05) is 0 Å². The molecular weight excluding hydrogens is 317 g/mol. The van der Waals surface area contributed by atoms with Crippen LogP contribution in [0.1, 0.15) is 5.56 Å². The fourth-order valence-corrected chi connectivity index (χ4v) is 3.62. The molecule has 2 aromatic carbocycles. The standard InChI is InChI=1S/C14H13ClFNO3S/c1-20-13-5-2-9(6-11(13)16)8-21(18,19)14-7-10(15)3-4-12(14)17/h2-7H,8,17H2,1H3. The maximum Gasteiger partial charge on any atom is 0.184 e. The van der Waals surface area contributed by atoms with Gasteiger partial charge in [-0.05, 0) is 35.9 Å². The summed E-state index contributed by atoms with van der Waals surface area (Å²) in [5, 5.41) is 0.267. The van der Waals surface area contributed by atoms with Crippen LogP contribution in [0.2, 0.25) is 5.02 Å². The average molecular weight is 330 g/mol. The summed E-state index contributed by atoms with van der Waals surface area (Å²) in [4.78, 5) is -0.0637. The van der Waals surface area contributed by atoms with Crippen LogP contribution >= 0.6 is 11.6 Å². The van der Waals surface area contributed by atoms with Crippen molar-refractivity contribution in [3.8, 4) is 5.75 Å². The molecule has 0 fully saturated rings. The second-order valence-electron chi connectivity index (χ2n) is 4.41. The molecule has 0 atom stereocenters. The summed E-state index contributed by atoms with van der Waals surface area (Å²) >= 11 is 5.79. The second kappa shape index (κ2) is 5.91. The van der Waals surface area contributed by atoms with E-state index in [0.717, 1.165) is 6.07 Å². The SMILES string of the molecule is COc1ccc(CS(=O)(=O)c2cc(Cl)ccc2N)cc1F. The number of hydrogen-bond donors (Lipinski definition) is 1. The van der Waals surface area contributed by atoms with Gasteiger partial charge in [-0.2, -0.15) is 0 Å². The Morgan fingerprint density at radius 2 is 1.95 bits per heavy atom. The van der Waals surface area contributed by atoms with Gasteiger partial charge in [0.1, 0.15) is 0 Å². The number of nitrogens with two attached hydrogens (primary N) is 1. The van der Waals surface area contributed by atoms with Gasteiger partial charge in [0, 0.05) is 5.02 Å². The molecule has 0 saturated heterocycles. The maximum atomic E-state index is 13.6. The molecule has 0 heterocycles. The van der Waals surface area contributed by atoms with Crippen molar-refractivity contribution in [2.45, 2.75) is 10.6 Å². The van der Waals surface area contributed by atoms with Gasteiger partial charge in [0.05, 0.1) is 23.4 Å². The van der Waals surface area contributed by atoms with E-state index in [9.17, 15) is 12.8 Å². The molecule has 4 nitrogen and oxygen atoms in total. The minimum atomic E-state index is -3.72. The van der Waals surface area contributed by atoms with Crippen LogP contribution in [0.5, 0.6) is 5.75 Å². The van der Waals surface area contributed by atoms with Crippen molar-refractivity contribution in [3.63, 3.8) is 0 Å². The van der Waals surface area contributed by atoms with E-state index in [1.54, 1.807) is 0 Å². The van der Waals surface area contributed by atoms with Gasteiger partial charge >= 0.3 is 0 Å². The quantitative estimate of drug-likeness (QED) is 0.875. The average Bonchev–Trinajstić information content (AvgIpc) is 2.41. The number of rotatable bonds is 4. The highest BCUT2D eigenvalue weighted by molar-refractivity contribution is 7.90. The van der Waals surface area contributed by atoms with Gasteiger partial charge in [-0.3, -0.25) is 0 Å². The molecule has 2 aromatic rings. The van der Waals surface area contributed by atoms with Crippen LogP contribution < -0.4 is 10.5 Å². The molecule has 0 saturated carbocycles. The van der Waals surface area contributed by atoms with Gasteiger partial charge in [-0.25, -0.2) is 12.8 Å². The third-order valence-electron chi connectivity index (χ3n) is 2.88. The van der Waals surface area contributed by atoms with Gasteiger partial charge in [0.25, 0.3) is 0 Å². The van der Waals surface area contributed by atoms with E-state index in [4.69, 9.17) is 22.1 Å². The van der Waals surface area contributed by atoms with Gasteiger partial charge in [-0.15, -0.1) is 0 Å². The van der Waals surface area contributed by atoms with Gasteiger partial charge < -0.3 is 10.5 Å². The van der Waals surface area contributed by atoms with Crippen molar-refractivity contribution in [3.05, 3.63) is 52.8 Å². The predicted octanol–water partition coefficient (Wildman–Crippen LogP) is 3.04. The molecule has 0 aliphatic heterocycles. The summed E-state index contributed by atoms with van der Waals surface area (Å²) in [6.45, 7) is 0. The Bertz CT molecular complexity index is 778. The molecule has 0 amide bonds. The first-order valence-corrected chi connectivity index (χ1v) is 7.96. The third kappa shape index (κ3) is 3.46. The zero-order chi connectivity index (χ0) is 15.6. The molecule has 0 unspecified atom stereocenters. The lowest BCUT2D eigenvalue weighted by molar-refractivity contribution is 0.386. The Hall–Kier alpha value is -1.79. The minimum Gasteiger partial charge on any atom is -0.494 e. The van der Waals surface area contributed by atoms with Crippen LogP contribution in [0.15, 0.2) is 41.3 Å². The van der Waals surface area contributed by atoms with E-state index < -0.39 is 15.7 Å². The fraction of sp³-hybridized carbons (Fsp3) is 0.143. The van der Waals surface area contributed by atoms with Crippen LogP contribution in [0.4, 0.5) is 10.1 Å². The number of halogens is 2. The van der Waals surface area contributed by atoms with Gasteiger partial charge in [0.15, 0.2) is 21.4 Å². The zero-order valence-corrected chi connectivity index (χ0v) is 12.7. The maximum absolute atomic E-state index is 13.6. The van der Waals surface area contributed by atoms with Crippen LogP contribution in [-0.2, 0) is 15.6 Å². The first-order chi connectivity index (χ1) is 9.83. The summed E-state index contributed by atoms with van der Waals surface area (Å²) in [5.41, 5.74) is 6.08.